The molecule has 0 aromatic carbocycles. The molecule has 1 aliphatic carbocycles. The Morgan fingerprint density at radius 3 is 2.00 bits per heavy atom. The lowest BCUT2D eigenvalue weighted by atomic mass is 9.59. The molecular weight excluding hydrogens is 152 g/mol. The van der Waals surface area contributed by atoms with Crippen LogP contribution in [0.1, 0.15) is 40.5 Å². The summed E-state index contributed by atoms with van der Waals surface area (Å²) in [6, 6.07) is 0. The van der Waals surface area contributed by atoms with Gasteiger partial charge in [0.1, 0.15) is 0 Å². The van der Waals surface area contributed by atoms with Crippen molar-refractivity contribution in [3.63, 3.8) is 0 Å². The topological polar surface area (TPSA) is 34.1 Å². The summed E-state index contributed by atoms with van der Waals surface area (Å²) in [4.78, 5) is 22.7. The zero-order chi connectivity index (χ0) is 9.57. The first-order valence-corrected chi connectivity index (χ1v) is 4.37. The molecule has 0 atom stereocenters. The predicted molar refractivity (Wildman–Crippen MR) is 46.8 cm³/mol. The Labute approximate surface area is 73.3 Å². The highest BCUT2D eigenvalue weighted by Gasteiger charge is 2.48. The summed E-state index contributed by atoms with van der Waals surface area (Å²) < 4.78 is 0. The highest BCUT2D eigenvalue weighted by atomic mass is 16.2. The number of carbonyl (C=O) groups excluding carboxylic acids is 2. The Balaban J connectivity index is 3.04. The summed E-state index contributed by atoms with van der Waals surface area (Å²) >= 11 is 0. The molecule has 68 valence electrons. The minimum atomic E-state index is -0.484. The minimum Gasteiger partial charge on any atom is -0.291 e. The number of carbonyl (C=O) groups is 2. The summed E-state index contributed by atoms with van der Waals surface area (Å²) in [6.07, 6.45) is 1.25. The van der Waals surface area contributed by atoms with Gasteiger partial charge in [-0.3, -0.25) is 9.59 Å². The predicted octanol–water partition coefficient (Wildman–Crippen LogP) is 1.97. The molecule has 1 rings (SSSR count). The van der Waals surface area contributed by atoms with Gasteiger partial charge in [-0.05, 0) is 11.8 Å². The van der Waals surface area contributed by atoms with Gasteiger partial charge < -0.3 is 0 Å². The molecule has 0 heterocycles. The molecule has 2 nitrogen and oxygen atoms in total. The van der Waals surface area contributed by atoms with Gasteiger partial charge in [-0.15, -0.1) is 0 Å². The van der Waals surface area contributed by atoms with Crippen LogP contribution in [0.15, 0.2) is 0 Å². The van der Waals surface area contributed by atoms with Crippen molar-refractivity contribution in [2.45, 2.75) is 40.5 Å². The van der Waals surface area contributed by atoms with Gasteiger partial charge in [-0.25, -0.2) is 0 Å². The summed E-state index contributed by atoms with van der Waals surface area (Å²) in [5.41, 5.74) is -0.527. The van der Waals surface area contributed by atoms with E-state index in [1.165, 1.54) is 0 Å². The second-order valence-electron chi connectivity index (χ2n) is 4.76. The Bertz CT molecular complexity index is 236. The van der Waals surface area contributed by atoms with Crippen LogP contribution in [0, 0.1) is 10.8 Å². The van der Waals surface area contributed by atoms with E-state index >= 15 is 0 Å². The van der Waals surface area contributed by atoms with E-state index < -0.39 is 5.41 Å². The zero-order valence-electron chi connectivity index (χ0n) is 8.23. The molecule has 0 bridgehead atoms. The van der Waals surface area contributed by atoms with Crippen LogP contribution in [0.5, 0.6) is 0 Å². The molecule has 1 aliphatic rings. The van der Waals surface area contributed by atoms with Crippen LogP contribution in [0.4, 0.5) is 0 Å². The third-order valence-corrected chi connectivity index (χ3v) is 3.49. The van der Waals surface area contributed by atoms with Crippen LogP contribution in [-0.4, -0.2) is 11.6 Å². The van der Waals surface area contributed by atoms with E-state index in [1.807, 2.05) is 13.8 Å². The molecule has 0 amide bonds. The third-order valence-electron chi connectivity index (χ3n) is 3.49. The lowest BCUT2D eigenvalue weighted by Gasteiger charge is -2.43. The number of rotatable bonds is 0. The maximum Gasteiger partial charge on any atom is 0.204 e. The first-order chi connectivity index (χ1) is 5.29. The third kappa shape index (κ3) is 1.10. The SMILES string of the molecule is CC1(C)CCC(=O)C(=O)C1(C)C. The molecule has 1 saturated carbocycles. The zero-order valence-corrected chi connectivity index (χ0v) is 8.23. The smallest absolute Gasteiger partial charge is 0.204 e. The summed E-state index contributed by atoms with van der Waals surface area (Å²) in [6.45, 7) is 7.84. The van der Waals surface area contributed by atoms with Crippen molar-refractivity contribution in [2.24, 2.45) is 10.8 Å². The number of hydrogen-bond donors (Lipinski definition) is 0. The maximum absolute atomic E-state index is 11.5. The molecule has 0 unspecified atom stereocenters. The van der Waals surface area contributed by atoms with E-state index in [1.54, 1.807) is 0 Å². The fourth-order valence-electron chi connectivity index (χ4n) is 1.51. The van der Waals surface area contributed by atoms with Crippen LogP contribution in [0.2, 0.25) is 0 Å². The van der Waals surface area contributed by atoms with Gasteiger partial charge in [0, 0.05) is 11.8 Å². The first-order valence-electron chi connectivity index (χ1n) is 4.37. The first kappa shape index (κ1) is 9.43. The van der Waals surface area contributed by atoms with E-state index in [4.69, 9.17) is 0 Å². The van der Waals surface area contributed by atoms with Crippen molar-refractivity contribution in [1.29, 1.82) is 0 Å². The number of Topliss-reactive ketones (excluding diaryl/α,β-unsaturated/α-hetero) is 2. The molecule has 0 spiro atoms. The average Bonchev–Trinajstić information content (AvgIpc) is 1.96. The second kappa shape index (κ2) is 2.41. The van der Waals surface area contributed by atoms with Crippen molar-refractivity contribution < 1.29 is 9.59 Å². The normalized spacial score (nSPS) is 27.3. The molecule has 0 saturated heterocycles. The largest absolute Gasteiger partial charge is 0.291 e. The van der Waals surface area contributed by atoms with Crippen LogP contribution in [-0.2, 0) is 9.59 Å². The lowest BCUT2D eigenvalue weighted by Crippen LogP contribution is -2.47. The van der Waals surface area contributed by atoms with E-state index in [0.717, 1.165) is 6.42 Å². The van der Waals surface area contributed by atoms with E-state index in [2.05, 4.69) is 13.8 Å². The van der Waals surface area contributed by atoms with Gasteiger partial charge in [-0.1, -0.05) is 27.7 Å². The van der Waals surface area contributed by atoms with Crippen molar-refractivity contribution in [2.75, 3.05) is 0 Å². The number of hydrogen-bond acceptors (Lipinski definition) is 2. The van der Waals surface area contributed by atoms with Gasteiger partial charge in [0.25, 0.3) is 0 Å². The molecule has 0 aliphatic heterocycles. The van der Waals surface area contributed by atoms with Gasteiger partial charge in [0.2, 0.25) is 5.78 Å². The van der Waals surface area contributed by atoms with Crippen LogP contribution in [0.25, 0.3) is 0 Å². The van der Waals surface area contributed by atoms with Crippen molar-refractivity contribution in [1.82, 2.24) is 0 Å². The van der Waals surface area contributed by atoms with Gasteiger partial charge in [0.15, 0.2) is 5.78 Å². The Kier molecular flexibility index (Phi) is 1.89. The second-order valence-corrected chi connectivity index (χ2v) is 4.76. The number of ketones is 2. The summed E-state index contributed by atoms with van der Waals surface area (Å²) in [7, 11) is 0. The molecule has 0 radical (unpaired) electrons. The monoisotopic (exact) mass is 168 g/mol. The molecule has 1 fully saturated rings. The summed E-state index contributed by atoms with van der Waals surface area (Å²) in [5, 5.41) is 0. The van der Waals surface area contributed by atoms with E-state index in [9.17, 15) is 9.59 Å². The van der Waals surface area contributed by atoms with Crippen LogP contribution < -0.4 is 0 Å². The van der Waals surface area contributed by atoms with Crippen LogP contribution in [0.3, 0.4) is 0 Å². The van der Waals surface area contributed by atoms with E-state index in [-0.39, 0.29) is 17.0 Å². The molecule has 2 heteroatoms. The van der Waals surface area contributed by atoms with Crippen LogP contribution >= 0.6 is 0 Å². The van der Waals surface area contributed by atoms with Crippen molar-refractivity contribution in [3.8, 4) is 0 Å². The Hall–Kier alpha value is -0.660. The highest BCUT2D eigenvalue weighted by Crippen LogP contribution is 2.46. The fourth-order valence-corrected chi connectivity index (χ4v) is 1.51. The molecular formula is C10H16O2. The quantitative estimate of drug-likeness (QED) is 0.518. The average molecular weight is 168 g/mol. The summed E-state index contributed by atoms with van der Waals surface area (Å²) in [5.74, 6) is -0.391. The van der Waals surface area contributed by atoms with Crippen molar-refractivity contribution >= 4 is 11.6 Å². The van der Waals surface area contributed by atoms with Gasteiger partial charge in [0.05, 0.1) is 0 Å². The van der Waals surface area contributed by atoms with E-state index in [0.29, 0.717) is 6.42 Å². The molecule has 0 N–H and O–H groups in total. The fraction of sp³-hybridized carbons (Fsp3) is 0.800. The molecule has 12 heavy (non-hydrogen) atoms. The van der Waals surface area contributed by atoms with Gasteiger partial charge >= 0.3 is 0 Å². The highest BCUT2D eigenvalue weighted by molar-refractivity contribution is 6.39. The molecule has 0 aromatic rings. The van der Waals surface area contributed by atoms with Gasteiger partial charge in [-0.2, -0.15) is 0 Å². The van der Waals surface area contributed by atoms with Crippen molar-refractivity contribution in [3.05, 3.63) is 0 Å². The Morgan fingerprint density at radius 2 is 1.58 bits per heavy atom. The lowest BCUT2D eigenvalue weighted by molar-refractivity contribution is -0.150. The molecule has 0 aromatic heterocycles. The maximum atomic E-state index is 11.5. The standard InChI is InChI=1S/C10H16O2/c1-9(2)6-5-7(11)8(12)10(9,3)4/h5-6H2,1-4H3. The Morgan fingerprint density at radius 1 is 1.08 bits per heavy atom. The minimum absolute atomic E-state index is 0.0437.